The van der Waals surface area contributed by atoms with Crippen LogP contribution in [0.3, 0.4) is 0 Å². The van der Waals surface area contributed by atoms with E-state index in [4.69, 9.17) is 4.74 Å². The maximum Gasteiger partial charge on any atom is 0.203 e. The van der Waals surface area contributed by atoms with Crippen molar-refractivity contribution in [3.05, 3.63) is 48.0 Å². The number of nitrogens with zero attached hydrogens (tertiary/aromatic N) is 2. The summed E-state index contributed by atoms with van der Waals surface area (Å²) in [5.74, 6) is 0.569. The SMILES string of the molecule is COCCNc1nccn1Cc1ccc(F)cc1. The summed E-state index contributed by atoms with van der Waals surface area (Å²) in [6.07, 6.45) is 3.62. The summed E-state index contributed by atoms with van der Waals surface area (Å²) in [7, 11) is 1.66. The van der Waals surface area contributed by atoms with Crippen LogP contribution in [0.1, 0.15) is 5.56 Å². The Bertz CT molecular complexity index is 481. The Balaban J connectivity index is 2.00. The summed E-state index contributed by atoms with van der Waals surface area (Å²) in [5.41, 5.74) is 1.03. The number of aromatic nitrogens is 2. The zero-order chi connectivity index (χ0) is 12.8. The van der Waals surface area contributed by atoms with Gasteiger partial charge in [-0.3, -0.25) is 0 Å². The molecule has 0 aliphatic carbocycles. The molecule has 0 unspecified atom stereocenters. The average Bonchev–Trinajstić information content (AvgIpc) is 2.80. The second-order valence-corrected chi connectivity index (χ2v) is 3.92. The van der Waals surface area contributed by atoms with E-state index in [0.717, 1.165) is 11.5 Å². The number of benzene rings is 1. The zero-order valence-corrected chi connectivity index (χ0v) is 10.3. The molecule has 0 bridgehead atoms. The van der Waals surface area contributed by atoms with Crippen molar-refractivity contribution in [3.8, 4) is 0 Å². The number of ether oxygens (including phenoxy) is 1. The third kappa shape index (κ3) is 3.30. The number of rotatable bonds is 6. The van der Waals surface area contributed by atoms with E-state index in [9.17, 15) is 4.39 Å². The first-order valence-electron chi connectivity index (χ1n) is 5.78. The highest BCUT2D eigenvalue weighted by atomic mass is 19.1. The first-order valence-corrected chi connectivity index (χ1v) is 5.78. The first kappa shape index (κ1) is 12.6. The van der Waals surface area contributed by atoms with Gasteiger partial charge in [-0.1, -0.05) is 12.1 Å². The van der Waals surface area contributed by atoms with Crippen LogP contribution in [0.15, 0.2) is 36.7 Å². The van der Waals surface area contributed by atoms with E-state index >= 15 is 0 Å². The average molecular weight is 249 g/mol. The Kier molecular flexibility index (Phi) is 4.30. The minimum atomic E-state index is -0.220. The van der Waals surface area contributed by atoms with Gasteiger partial charge < -0.3 is 14.6 Å². The summed E-state index contributed by atoms with van der Waals surface area (Å²) in [6.45, 7) is 2.00. The molecular weight excluding hydrogens is 233 g/mol. The van der Waals surface area contributed by atoms with Crippen LogP contribution in [0.2, 0.25) is 0 Å². The maximum atomic E-state index is 12.8. The van der Waals surface area contributed by atoms with Gasteiger partial charge in [0.1, 0.15) is 5.82 Å². The van der Waals surface area contributed by atoms with E-state index < -0.39 is 0 Å². The summed E-state index contributed by atoms with van der Waals surface area (Å²) in [4.78, 5) is 4.22. The van der Waals surface area contributed by atoms with Crippen molar-refractivity contribution in [2.24, 2.45) is 0 Å². The molecule has 1 heterocycles. The lowest BCUT2D eigenvalue weighted by Gasteiger charge is -2.09. The van der Waals surface area contributed by atoms with Crippen LogP contribution < -0.4 is 5.32 Å². The monoisotopic (exact) mass is 249 g/mol. The second-order valence-electron chi connectivity index (χ2n) is 3.92. The van der Waals surface area contributed by atoms with Gasteiger partial charge in [-0.05, 0) is 17.7 Å². The Labute approximate surface area is 105 Å². The van der Waals surface area contributed by atoms with Crippen molar-refractivity contribution in [2.75, 3.05) is 25.6 Å². The molecule has 2 rings (SSSR count). The molecule has 1 aromatic heterocycles. The van der Waals surface area contributed by atoms with Gasteiger partial charge in [0, 0.05) is 26.0 Å². The molecule has 4 nitrogen and oxygen atoms in total. The molecule has 2 aromatic rings. The molecule has 96 valence electrons. The Hall–Kier alpha value is -1.88. The predicted octanol–water partition coefficient (Wildman–Crippen LogP) is 2.13. The van der Waals surface area contributed by atoms with Crippen molar-refractivity contribution in [2.45, 2.75) is 6.54 Å². The van der Waals surface area contributed by atoms with Crippen molar-refractivity contribution in [1.82, 2.24) is 9.55 Å². The number of methoxy groups -OCH3 is 1. The molecule has 0 saturated carbocycles. The van der Waals surface area contributed by atoms with Crippen LogP contribution in [0.25, 0.3) is 0 Å². The van der Waals surface area contributed by atoms with Gasteiger partial charge in [-0.15, -0.1) is 0 Å². The molecule has 0 spiro atoms. The van der Waals surface area contributed by atoms with Crippen LogP contribution in [-0.4, -0.2) is 29.8 Å². The fraction of sp³-hybridized carbons (Fsp3) is 0.308. The van der Waals surface area contributed by atoms with Crippen LogP contribution in [0, 0.1) is 5.82 Å². The lowest BCUT2D eigenvalue weighted by molar-refractivity contribution is 0.210. The van der Waals surface area contributed by atoms with Crippen molar-refractivity contribution < 1.29 is 9.13 Å². The highest BCUT2D eigenvalue weighted by Gasteiger charge is 2.02. The van der Waals surface area contributed by atoms with Gasteiger partial charge in [0.05, 0.1) is 13.2 Å². The number of hydrogen-bond donors (Lipinski definition) is 1. The molecule has 0 aliphatic rings. The smallest absolute Gasteiger partial charge is 0.203 e. The molecule has 5 heteroatoms. The molecule has 18 heavy (non-hydrogen) atoms. The van der Waals surface area contributed by atoms with Gasteiger partial charge in [-0.2, -0.15) is 0 Å². The quantitative estimate of drug-likeness (QED) is 0.797. The van der Waals surface area contributed by atoms with Crippen molar-refractivity contribution in [1.29, 1.82) is 0 Å². The molecule has 0 fully saturated rings. The van der Waals surface area contributed by atoms with Crippen molar-refractivity contribution >= 4 is 5.95 Å². The second kappa shape index (κ2) is 6.16. The third-order valence-corrected chi connectivity index (χ3v) is 2.57. The van der Waals surface area contributed by atoms with E-state index in [0.29, 0.717) is 19.7 Å². The molecule has 0 saturated heterocycles. The molecule has 0 amide bonds. The van der Waals surface area contributed by atoms with E-state index in [1.807, 2.05) is 10.8 Å². The Morgan fingerprint density at radius 1 is 1.33 bits per heavy atom. The summed E-state index contributed by atoms with van der Waals surface area (Å²) in [5, 5.41) is 3.18. The number of nitrogens with one attached hydrogen (secondary N) is 1. The standard InChI is InChI=1S/C13H16FN3O/c1-18-9-7-16-13-15-6-8-17(13)10-11-2-4-12(14)5-3-11/h2-6,8H,7,9-10H2,1H3,(H,15,16). The molecule has 0 aliphatic heterocycles. The van der Waals surface area contributed by atoms with Gasteiger partial charge in [0.2, 0.25) is 5.95 Å². The number of halogens is 1. The third-order valence-electron chi connectivity index (χ3n) is 2.57. The molecule has 1 N–H and O–H groups in total. The molecule has 0 atom stereocenters. The fourth-order valence-electron chi connectivity index (χ4n) is 1.66. The lowest BCUT2D eigenvalue weighted by Crippen LogP contribution is -2.12. The Morgan fingerprint density at radius 3 is 2.83 bits per heavy atom. The molecule has 1 aromatic carbocycles. The van der Waals surface area contributed by atoms with Crippen LogP contribution >= 0.6 is 0 Å². The van der Waals surface area contributed by atoms with E-state index in [1.165, 1.54) is 12.1 Å². The lowest BCUT2D eigenvalue weighted by atomic mass is 10.2. The first-order chi connectivity index (χ1) is 8.79. The number of hydrogen-bond acceptors (Lipinski definition) is 3. The van der Waals surface area contributed by atoms with E-state index in [-0.39, 0.29) is 5.82 Å². The number of anilines is 1. The summed E-state index contributed by atoms with van der Waals surface area (Å²) >= 11 is 0. The number of imidazole rings is 1. The van der Waals surface area contributed by atoms with E-state index in [1.54, 1.807) is 25.4 Å². The van der Waals surface area contributed by atoms with Gasteiger partial charge >= 0.3 is 0 Å². The highest BCUT2D eigenvalue weighted by Crippen LogP contribution is 2.10. The van der Waals surface area contributed by atoms with Gasteiger partial charge in [0.25, 0.3) is 0 Å². The van der Waals surface area contributed by atoms with Gasteiger partial charge in [0.15, 0.2) is 0 Å². The van der Waals surface area contributed by atoms with Crippen LogP contribution in [0.4, 0.5) is 10.3 Å². The van der Waals surface area contributed by atoms with Crippen molar-refractivity contribution in [3.63, 3.8) is 0 Å². The Morgan fingerprint density at radius 2 is 2.11 bits per heavy atom. The minimum Gasteiger partial charge on any atom is -0.383 e. The largest absolute Gasteiger partial charge is 0.383 e. The predicted molar refractivity (Wildman–Crippen MR) is 68.1 cm³/mol. The topological polar surface area (TPSA) is 39.1 Å². The van der Waals surface area contributed by atoms with Crippen LogP contribution in [0.5, 0.6) is 0 Å². The maximum absolute atomic E-state index is 12.8. The van der Waals surface area contributed by atoms with E-state index in [2.05, 4.69) is 10.3 Å². The fourth-order valence-corrected chi connectivity index (χ4v) is 1.66. The minimum absolute atomic E-state index is 0.220. The summed E-state index contributed by atoms with van der Waals surface area (Å²) in [6, 6.07) is 6.47. The summed E-state index contributed by atoms with van der Waals surface area (Å²) < 4.78 is 19.8. The molecular formula is C13H16FN3O. The van der Waals surface area contributed by atoms with Crippen LogP contribution in [-0.2, 0) is 11.3 Å². The highest BCUT2D eigenvalue weighted by molar-refractivity contribution is 5.28. The zero-order valence-electron chi connectivity index (χ0n) is 10.3. The molecule has 0 radical (unpaired) electrons. The van der Waals surface area contributed by atoms with Gasteiger partial charge in [-0.25, -0.2) is 9.37 Å². The normalized spacial score (nSPS) is 10.6.